The van der Waals surface area contributed by atoms with E-state index in [2.05, 4.69) is 4.74 Å². The smallest absolute Gasteiger partial charge is 0.343 e. The Hall–Kier alpha value is -1.75. The number of nitrogen functional groups attached to an aromatic ring is 1. The number of anilines is 1. The van der Waals surface area contributed by atoms with Gasteiger partial charge in [0, 0.05) is 12.3 Å². The molecule has 5 heteroatoms. The first kappa shape index (κ1) is 14.3. The van der Waals surface area contributed by atoms with E-state index in [1.807, 2.05) is 6.92 Å². The Bertz CT molecular complexity index is 393. The van der Waals surface area contributed by atoms with E-state index >= 15 is 0 Å². The summed E-state index contributed by atoms with van der Waals surface area (Å²) in [6.45, 7) is 3.58. The zero-order chi connectivity index (χ0) is 13.4. The molecule has 1 aromatic carbocycles. The Morgan fingerprint density at radius 1 is 1.28 bits per heavy atom. The van der Waals surface area contributed by atoms with Crippen LogP contribution in [0, 0.1) is 0 Å². The zero-order valence-electron chi connectivity index (χ0n) is 10.8. The van der Waals surface area contributed by atoms with Gasteiger partial charge in [-0.2, -0.15) is 0 Å². The second kappa shape index (κ2) is 7.55. The van der Waals surface area contributed by atoms with Gasteiger partial charge in [0.1, 0.15) is 17.9 Å². The molecule has 0 aliphatic heterocycles. The molecule has 0 saturated heterocycles. The van der Waals surface area contributed by atoms with Crippen LogP contribution < -0.4 is 10.5 Å². The minimum Gasteiger partial charge on any atom is -0.490 e. The molecule has 5 nitrogen and oxygen atoms in total. The van der Waals surface area contributed by atoms with Gasteiger partial charge in [-0.15, -0.1) is 0 Å². The summed E-state index contributed by atoms with van der Waals surface area (Å²) >= 11 is 0. The van der Waals surface area contributed by atoms with Gasteiger partial charge in [0.25, 0.3) is 0 Å². The van der Waals surface area contributed by atoms with Crippen LogP contribution in [-0.4, -0.2) is 32.9 Å². The van der Waals surface area contributed by atoms with Crippen molar-refractivity contribution in [3.05, 3.63) is 23.8 Å². The van der Waals surface area contributed by atoms with E-state index in [4.69, 9.17) is 15.2 Å². The maximum absolute atomic E-state index is 11.6. The molecule has 2 N–H and O–H groups in total. The van der Waals surface area contributed by atoms with E-state index in [9.17, 15) is 4.79 Å². The molecule has 0 bridgehead atoms. The second-order valence-corrected chi connectivity index (χ2v) is 3.67. The van der Waals surface area contributed by atoms with Crippen molar-refractivity contribution in [3.8, 4) is 5.75 Å². The number of ether oxygens (including phenoxy) is 3. The molecule has 0 aromatic heterocycles. The molecule has 0 fully saturated rings. The molecule has 1 aromatic rings. The summed E-state index contributed by atoms with van der Waals surface area (Å²) in [5, 5.41) is 0. The number of rotatable bonds is 7. The molecule has 0 unspecified atom stereocenters. The van der Waals surface area contributed by atoms with Crippen LogP contribution in [0.4, 0.5) is 5.69 Å². The van der Waals surface area contributed by atoms with Gasteiger partial charge in [0.2, 0.25) is 0 Å². The summed E-state index contributed by atoms with van der Waals surface area (Å²) in [5.74, 6) is -0.0838. The third kappa shape index (κ3) is 3.92. The Kier molecular flexibility index (Phi) is 6.00. The number of methoxy groups -OCH3 is 1. The summed E-state index contributed by atoms with van der Waals surface area (Å²) < 4.78 is 15.4. The SMILES string of the molecule is CCCOCCOc1cccc(N)c1C(=O)OC. The van der Waals surface area contributed by atoms with Crippen LogP contribution in [0.15, 0.2) is 18.2 Å². The minimum atomic E-state index is -0.502. The van der Waals surface area contributed by atoms with Crippen LogP contribution in [0.5, 0.6) is 5.75 Å². The number of benzene rings is 1. The molecule has 0 aliphatic rings. The molecule has 100 valence electrons. The molecule has 0 atom stereocenters. The molecular weight excluding hydrogens is 234 g/mol. The van der Waals surface area contributed by atoms with Gasteiger partial charge < -0.3 is 19.9 Å². The minimum absolute atomic E-state index is 0.260. The predicted molar refractivity (Wildman–Crippen MR) is 68.8 cm³/mol. The van der Waals surface area contributed by atoms with Gasteiger partial charge in [-0.25, -0.2) is 4.79 Å². The Morgan fingerprint density at radius 3 is 2.72 bits per heavy atom. The Labute approximate surface area is 107 Å². The lowest BCUT2D eigenvalue weighted by atomic mass is 10.1. The molecule has 0 aliphatic carbocycles. The third-order valence-electron chi connectivity index (χ3n) is 2.28. The van der Waals surface area contributed by atoms with E-state index in [1.54, 1.807) is 18.2 Å². The van der Waals surface area contributed by atoms with E-state index < -0.39 is 5.97 Å². The van der Waals surface area contributed by atoms with Crippen LogP contribution in [0.1, 0.15) is 23.7 Å². The summed E-state index contributed by atoms with van der Waals surface area (Å²) in [7, 11) is 1.31. The van der Waals surface area contributed by atoms with Crippen molar-refractivity contribution < 1.29 is 19.0 Å². The highest BCUT2D eigenvalue weighted by atomic mass is 16.5. The topological polar surface area (TPSA) is 70.8 Å². The average molecular weight is 253 g/mol. The number of hydrogen-bond donors (Lipinski definition) is 1. The molecule has 18 heavy (non-hydrogen) atoms. The first-order valence-electron chi connectivity index (χ1n) is 5.88. The van der Waals surface area contributed by atoms with E-state index in [1.165, 1.54) is 7.11 Å². The first-order valence-corrected chi connectivity index (χ1v) is 5.88. The molecular formula is C13H19NO4. The van der Waals surface area contributed by atoms with Crippen molar-refractivity contribution in [3.63, 3.8) is 0 Å². The summed E-state index contributed by atoms with van der Waals surface area (Å²) in [5.41, 5.74) is 6.34. The lowest BCUT2D eigenvalue weighted by Gasteiger charge is -2.12. The van der Waals surface area contributed by atoms with Gasteiger partial charge in [0.15, 0.2) is 0 Å². The summed E-state index contributed by atoms with van der Waals surface area (Å²) in [6.07, 6.45) is 0.964. The Morgan fingerprint density at radius 2 is 2.06 bits per heavy atom. The molecule has 0 radical (unpaired) electrons. The summed E-state index contributed by atoms with van der Waals surface area (Å²) in [6, 6.07) is 5.04. The maximum Gasteiger partial charge on any atom is 0.343 e. The number of nitrogens with two attached hydrogens (primary N) is 1. The standard InChI is InChI=1S/C13H19NO4/c1-3-7-17-8-9-18-11-6-4-5-10(14)12(11)13(15)16-2/h4-6H,3,7-9,14H2,1-2H3. The molecule has 1 rings (SSSR count). The van der Waals surface area contributed by atoms with Gasteiger partial charge in [-0.1, -0.05) is 13.0 Å². The van der Waals surface area contributed by atoms with Crippen molar-refractivity contribution in [1.29, 1.82) is 0 Å². The van der Waals surface area contributed by atoms with Crippen molar-refractivity contribution in [2.24, 2.45) is 0 Å². The summed E-state index contributed by atoms with van der Waals surface area (Å²) in [4.78, 5) is 11.6. The van der Waals surface area contributed by atoms with Crippen molar-refractivity contribution in [2.75, 3.05) is 32.7 Å². The van der Waals surface area contributed by atoms with Crippen LogP contribution >= 0.6 is 0 Å². The zero-order valence-corrected chi connectivity index (χ0v) is 10.8. The monoisotopic (exact) mass is 253 g/mol. The molecule has 0 heterocycles. The van der Waals surface area contributed by atoms with Crippen LogP contribution in [0.2, 0.25) is 0 Å². The van der Waals surface area contributed by atoms with Gasteiger partial charge in [-0.3, -0.25) is 0 Å². The number of esters is 1. The van der Waals surface area contributed by atoms with Crippen molar-refractivity contribution in [1.82, 2.24) is 0 Å². The lowest BCUT2D eigenvalue weighted by molar-refractivity contribution is 0.0592. The fourth-order valence-corrected chi connectivity index (χ4v) is 1.45. The second-order valence-electron chi connectivity index (χ2n) is 3.67. The quantitative estimate of drug-likeness (QED) is 0.456. The highest BCUT2D eigenvalue weighted by Gasteiger charge is 2.16. The van der Waals surface area contributed by atoms with Crippen LogP contribution in [0.3, 0.4) is 0 Å². The van der Waals surface area contributed by atoms with Gasteiger partial charge in [-0.05, 0) is 18.6 Å². The maximum atomic E-state index is 11.6. The van der Waals surface area contributed by atoms with Gasteiger partial charge in [0.05, 0.1) is 13.7 Å². The fourth-order valence-electron chi connectivity index (χ4n) is 1.45. The van der Waals surface area contributed by atoms with Crippen LogP contribution in [0.25, 0.3) is 0 Å². The van der Waals surface area contributed by atoms with Crippen LogP contribution in [-0.2, 0) is 9.47 Å². The molecule has 0 amide bonds. The highest BCUT2D eigenvalue weighted by Crippen LogP contribution is 2.25. The van der Waals surface area contributed by atoms with Gasteiger partial charge >= 0.3 is 5.97 Å². The predicted octanol–water partition coefficient (Wildman–Crippen LogP) is 1.86. The number of hydrogen-bond acceptors (Lipinski definition) is 5. The van der Waals surface area contributed by atoms with E-state index in [-0.39, 0.29) is 5.56 Å². The fraction of sp³-hybridized carbons (Fsp3) is 0.462. The van der Waals surface area contributed by atoms with E-state index in [0.717, 1.165) is 6.42 Å². The highest BCUT2D eigenvalue weighted by molar-refractivity contribution is 5.98. The van der Waals surface area contributed by atoms with Crippen molar-refractivity contribution >= 4 is 11.7 Å². The first-order chi connectivity index (χ1) is 8.70. The average Bonchev–Trinajstić information content (AvgIpc) is 2.38. The number of carbonyl (C=O) groups excluding carboxylic acids is 1. The molecule has 0 saturated carbocycles. The molecule has 0 spiro atoms. The normalized spacial score (nSPS) is 10.1. The third-order valence-corrected chi connectivity index (χ3v) is 2.28. The largest absolute Gasteiger partial charge is 0.490 e. The Balaban J connectivity index is 2.64. The number of carbonyl (C=O) groups is 1. The lowest BCUT2D eigenvalue weighted by Crippen LogP contribution is -2.12. The van der Waals surface area contributed by atoms with Crippen molar-refractivity contribution in [2.45, 2.75) is 13.3 Å². The van der Waals surface area contributed by atoms with E-state index in [0.29, 0.717) is 31.3 Å².